The van der Waals surface area contributed by atoms with Crippen LogP contribution in [0.2, 0.25) is 0 Å². The van der Waals surface area contributed by atoms with Crippen LogP contribution in [-0.2, 0) is 64.0 Å². The Kier molecular flexibility index (Phi) is 17.7. The van der Waals surface area contributed by atoms with Gasteiger partial charge in [0.05, 0.1) is 49.8 Å². The zero-order valence-electron chi connectivity index (χ0n) is 50.8. The van der Waals surface area contributed by atoms with Crippen LogP contribution in [0.5, 0.6) is 11.5 Å². The molecule has 8 bridgehead atoms. The number of aliphatic hydroxyl groups excluding tert-OH is 4. The summed E-state index contributed by atoms with van der Waals surface area (Å²) in [5, 5.41) is 41.1. The zero-order valence-corrected chi connectivity index (χ0v) is 57.3. The summed E-state index contributed by atoms with van der Waals surface area (Å²) >= 11 is 5.30. The molecule has 30 heteroatoms. The largest absolute Gasteiger partial charge is 0.497 e. The number of benzene rings is 4. The lowest BCUT2D eigenvalue weighted by Gasteiger charge is -2.58. The van der Waals surface area contributed by atoms with Gasteiger partial charge in [0.15, 0.2) is 29.2 Å². The fourth-order valence-corrected chi connectivity index (χ4v) is 27.4. The van der Waals surface area contributed by atoms with E-state index in [0.29, 0.717) is 11.5 Å². The molecule has 0 aromatic heterocycles. The Labute approximate surface area is 553 Å². The summed E-state index contributed by atoms with van der Waals surface area (Å²) in [5.74, 6) is -0.968. The van der Waals surface area contributed by atoms with Gasteiger partial charge in [0.2, 0.25) is 9.74 Å². The predicted octanol–water partition coefficient (Wildman–Crippen LogP) is 3.97. The van der Waals surface area contributed by atoms with E-state index >= 15 is 0 Å². The molecule has 10 atom stereocenters. The van der Waals surface area contributed by atoms with Gasteiger partial charge in [-0.1, -0.05) is 94.4 Å². The zero-order chi connectivity index (χ0) is 65.1. The van der Waals surface area contributed by atoms with Gasteiger partial charge in [-0.05, 0) is 79.2 Å². The molecular formula is C60H68N8O14S8. The molecule has 0 spiro atoms. The molecule has 12 saturated heterocycles. The minimum Gasteiger partial charge on any atom is -0.497 e. The van der Waals surface area contributed by atoms with Crippen molar-refractivity contribution in [3.63, 3.8) is 0 Å². The number of carbonyl (C=O) groups is 8. The summed E-state index contributed by atoms with van der Waals surface area (Å²) < 4.78 is 9.96. The monoisotopic (exact) mass is 1380 g/mol. The van der Waals surface area contributed by atoms with Crippen molar-refractivity contribution in [2.45, 2.75) is 73.8 Å². The standard InChI is InChI=1S/C38H42N4O8S4.C22H26N4O6S4/c1-39-33(47)37(21-43)41(3)31(45)35(39,51-29(53-37)25-11-15-27(49-5)16-12-25)19-23-7-9-24(10-8-23)20-36-32(46)42(4)38(22-44,34(48)40(36)2)54-30(52-36)26-13-17-28(50-6)18-14-26;1-23-17(31)21(11-27)25(3)15(29)19(23,33-35-21)9-13-5-7-14(8-6-13)10-20-16(30)26(4)22(12-28,36-34-20)18(32)24(20)2/h7-18,29-30,43-44H,19-22H2,1-6H3;5-8,27-28H,9-12H2,1-4H3/t29?,30?,35-,36-,37-,38-;19-,20-,21+,22+/m00/s1. The van der Waals surface area contributed by atoms with Gasteiger partial charge in [-0.3, -0.25) is 38.4 Å². The van der Waals surface area contributed by atoms with E-state index < -0.39 is 65.4 Å². The van der Waals surface area contributed by atoms with Crippen LogP contribution >= 0.6 is 90.2 Å². The Hall–Kier alpha value is -5.12. The maximum absolute atomic E-state index is 14.4. The van der Waals surface area contributed by atoms with Crippen LogP contribution in [0.1, 0.15) is 42.5 Å². The number of methoxy groups -OCH3 is 2. The number of ether oxygens (including phenoxy) is 2. The maximum atomic E-state index is 14.4. The Morgan fingerprint density at radius 1 is 0.311 bits per heavy atom. The van der Waals surface area contributed by atoms with E-state index in [1.54, 1.807) is 70.6 Å². The summed E-state index contributed by atoms with van der Waals surface area (Å²) in [7, 11) is 20.9. The summed E-state index contributed by atoms with van der Waals surface area (Å²) in [5.41, 5.74) is 5.02. The van der Waals surface area contributed by atoms with E-state index in [1.807, 2.05) is 97.1 Å². The second-order valence-corrected chi connectivity index (χ2v) is 34.7. The Balaban J connectivity index is 0.000000201. The van der Waals surface area contributed by atoms with E-state index in [-0.39, 0.29) is 82.1 Å². The fourth-order valence-electron chi connectivity index (χ4n) is 12.7. The number of carbonyl (C=O) groups excluding carboxylic acids is 8. The average molecular weight is 1380 g/mol. The second kappa shape index (κ2) is 24.0. The average Bonchev–Trinajstić information content (AvgIpc) is 0.903. The molecular weight excluding hydrogens is 1310 g/mol. The van der Waals surface area contributed by atoms with E-state index in [4.69, 9.17) is 9.47 Å². The molecule has 4 aromatic carbocycles. The van der Waals surface area contributed by atoms with E-state index in [2.05, 4.69) is 0 Å². The number of piperazine rings is 4. The lowest BCUT2D eigenvalue weighted by molar-refractivity contribution is -0.165. The molecule has 8 amide bonds. The first kappa shape index (κ1) is 66.3. The summed E-state index contributed by atoms with van der Waals surface area (Å²) in [4.78, 5) is 111. The number of nitrogens with zero attached hydrogens (tertiary/aromatic N) is 8. The molecule has 16 rings (SSSR count). The molecule has 0 aliphatic carbocycles. The highest BCUT2D eigenvalue weighted by Gasteiger charge is 2.71. The van der Waals surface area contributed by atoms with Crippen LogP contribution in [-0.4, -0.2) is 243 Å². The van der Waals surface area contributed by atoms with Gasteiger partial charge in [-0.25, -0.2) is 0 Å². The van der Waals surface area contributed by atoms with Gasteiger partial charge in [0.25, 0.3) is 47.3 Å². The quantitative estimate of drug-likeness (QED) is 0.116. The Morgan fingerprint density at radius 2 is 0.511 bits per heavy atom. The Morgan fingerprint density at radius 3 is 0.789 bits per heavy atom. The Bertz CT molecular complexity index is 3360. The smallest absolute Gasteiger partial charge is 0.263 e. The molecule has 12 fully saturated rings. The van der Waals surface area contributed by atoms with Gasteiger partial charge in [-0.15, -0.1) is 47.0 Å². The number of fused-ring (bicyclic) bond motifs is 14. The van der Waals surface area contributed by atoms with Gasteiger partial charge >= 0.3 is 0 Å². The molecule has 22 nitrogen and oxygen atoms in total. The molecule has 12 aliphatic rings. The minimum absolute atomic E-state index is 0.188. The lowest BCUT2D eigenvalue weighted by atomic mass is 9.94. The normalized spacial score (nSPS) is 32.9. The third-order valence-electron chi connectivity index (χ3n) is 18.7. The summed E-state index contributed by atoms with van der Waals surface area (Å²) in [6.45, 7) is -1.99. The van der Waals surface area contributed by atoms with E-state index in [1.165, 1.54) is 129 Å². The third-order valence-corrected chi connectivity index (χ3v) is 33.2. The number of rotatable bonds is 16. The highest BCUT2D eigenvalue weighted by Crippen LogP contribution is 2.64. The first-order valence-corrected chi connectivity index (χ1v) is 36.1. The first-order valence-electron chi connectivity index (χ1n) is 28.3. The number of amides is 8. The van der Waals surface area contributed by atoms with Gasteiger partial charge in [0.1, 0.15) is 11.5 Å². The van der Waals surface area contributed by atoms with E-state index in [0.717, 1.165) is 33.4 Å². The van der Waals surface area contributed by atoms with Crippen molar-refractivity contribution in [1.82, 2.24) is 39.2 Å². The fraction of sp³-hybridized carbons (Fsp3) is 0.467. The number of thioether (sulfide) groups is 4. The van der Waals surface area contributed by atoms with Crippen molar-refractivity contribution in [2.24, 2.45) is 0 Å². The van der Waals surface area contributed by atoms with Gasteiger partial charge in [-0.2, -0.15) is 0 Å². The van der Waals surface area contributed by atoms with Gasteiger partial charge < -0.3 is 69.1 Å². The second-order valence-electron chi connectivity index (χ2n) is 23.2. The van der Waals surface area contributed by atoms with Crippen LogP contribution < -0.4 is 9.47 Å². The SMILES string of the molecule is CN1C(=O)[C@@]2(CO)SS[C@@]1(Cc1ccc(C[C@@]34SS[C@](CO)(C(=O)N3C)N(C)C4=O)cc1)C(=O)N2C.COc1ccc(C2S[C@@]3(CO)C(=O)N(C)[C@@](Cc4ccc(C[C@@]56SC(c7ccc(OC)cc7)S[C@@](CO)(C(=O)N5C)N(C)C6=O)cc4)(S2)C(=O)N3C)cc1. The molecule has 2 unspecified atom stereocenters. The van der Waals surface area contributed by atoms with Crippen molar-refractivity contribution in [3.8, 4) is 11.5 Å². The van der Waals surface area contributed by atoms with Crippen LogP contribution in [0.15, 0.2) is 97.1 Å². The van der Waals surface area contributed by atoms with Crippen molar-refractivity contribution in [3.05, 3.63) is 130 Å². The van der Waals surface area contributed by atoms with Crippen LogP contribution in [0.4, 0.5) is 0 Å². The van der Waals surface area contributed by atoms with Crippen molar-refractivity contribution < 1.29 is 68.3 Å². The molecule has 12 aliphatic heterocycles. The lowest BCUT2D eigenvalue weighted by Crippen LogP contribution is -2.77. The topological polar surface area (TPSA) is 262 Å². The highest BCUT2D eigenvalue weighted by molar-refractivity contribution is 8.78. The number of hydrogen-bond acceptors (Lipinski definition) is 22. The minimum atomic E-state index is -1.48. The van der Waals surface area contributed by atoms with Gasteiger partial charge in [0, 0.05) is 82.1 Å². The predicted molar refractivity (Wildman–Crippen MR) is 352 cm³/mol. The number of hydrogen-bond donors (Lipinski definition) is 4. The van der Waals surface area contributed by atoms with Crippen molar-refractivity contribution in [2.75, 3.05) is 97.0 Å². The highest BCUT2D eigenvalue weighted by atomic mass is 33.1. The molecule has 90 heavy (non-hydrogen) atoms. The molecule has 0 radical (unpaired) electrons. The number of aliphatic hydroxyl groups is 4. The molecule has 4 N–H and O–H groups in total. The summed E-state index contributed by atoms with van der Waals surface area (Å²) in [6, 6.07) is 30.1. The van der Waals surface area contributed by atoms with Crippen molar-refractivity contribution >= 4 is 137 Å². The molecule has 0 saturated carbocycles. The van der Waals surface area contributed by atoms with Crippen LogP contribution in [0, 0.1) is 0 Å². The summed E-state index contributed by atoms with van der Waals surface area (Å²) in [6.07, 6.45) is 0.944. The third kappa shape index (κ3) is 9.58. The van der Waals surface area contributed by atoms with E-state index in [9.17, 15) is 58.8 Å². The van der Waals surface area contributed by atoms with Crippen molar-refractivity contribution in [1.29, 1.82) is 0 Å². The molecule has 12 heterocycles. The molecule has 480 valence electrons. The number of likely N-dealkylation sites (N-methyl/N-ethyl adjacent to an activating group) is 8. The van der Waals surface area contributed by atoms with Crippen LogP contribution in [0.3, 0.4) is 0 Å². The molecule has 4 aromatic rings. The maximum Gasteiger partial charge on any atom is 0.263 e. The first-order chi connectivity index (χ1) is 42.7. The van der Waals surface area contributed by atoms with Crippen LogP contribution in [0.25, 0.3) is 0 Å².